The van der Waals surface area contributed by atoms with Gasteiger partial charge in [0.05, 0.1) is 5.52 Å². The van der Waals surface area contributed by atoms with Crippen molar-refractivity contribution in [3.8, 4) is 11.1 Å². The van der Waals surface area contributed by atoms with Gasteiger partial charge in [0.1, 0.15) is 0 Å². The minimum atomic E-state index is 0.129. The molecule has 24 heavy (non-hydrogen) atoms. The van der Waals surface area contributed by atoms with Gasteiger partial charge in [-0.2, -0.15) is 0 Å². The third-order valence-electron chi connectivity index (χ3n) is 4.93. The van der Waals surface area contributed by atoms with E-state index < -0.39 is 0 Å². The highest BCUT2D eigenvalue weighted by molar-refractivity contribution is 6.10. The lowest BCUT2D eigenvalue weighted by Gasteiger charge is -2.21. The molecule has 4 aromatic rings. The quantitative estimate of drug-likeness (QED) is 0.389. The lowest BCUT2D eigenvalue weighted by atomic mass is 9.85. The van der Waals surface area contributed by atoms with Crippen molar-refractivity contribution >= 4 is 21.8 Å². The molecular formula is C23H23N. The standard InChI is InChI=1S/C23H23N/c1-23(2,3)20-12-8-11-18-19-15-17(16-9-6-5-7-10-16)13-14-21(19)24(4)22(18)20/h5-15H,1-4H3. The molecule has 0 bridgehead atoms. The molecule has 0 saturated carbocycles. The van der Waals surface area contributed by atoms with E-state index in [0.29, 0.717) is 0 Å². The minimum Gasteiger partial charge on any atom is -0.343 e. The van der Waals surface area contributed by atoms with E-state index in [9.17, 15) is 0 Å². The van der Waals surface area contributed by atoms with E-state index in [4.69, 9.17) is 0 Å². The first kappa shape index (κ1) is 15.0. The second-order valence-corrected chi connectivity index (χ2v) is 7.61. The van der Waals surface area contributed by atoms with Gasteiger partial charge < -0.3 is 4.57 Å². The van der Waals surface area contributed by atoms with Crippen LogP contribution in [0.15, 0.2) is 66.7 Å². The molecule has 0 saturated heterocycles. The molecule has 0 fully saturated rings. The average Bonchev–Trinajstić information content (AvgIpc) is 2.87. The van der Waals surface area contributed by atoms with Crippen LogP contribution in [0.3, 0.4) is 0 Å². The van der Waals surface area contributed by atoms with Crippen LogP contribution in [0.1, 0.15) is 26.3 Å². The van der Waals surface area contributed by atoms with Gasteiger partial charge in [-0.15, -0.1) is 0 Å². The summed E-state index contributed by atoms with van der Waals surface area (Å²) in [6.07, 6.45) is 0. The number of hydrogen-bond donors (Lipinski definition) is 0. The van der Waals surface area contributed by atoms with Gasteiger partial charge in [0.2, 0.25) is 0 Å². The molecule has 0 aliphatic carbocycles. The van der Waals surface area contributed by atoms with Crippen LogP contribution in [0.4, 0.5) is 0 Å². The monoisotopic (exact) mass is 313 g/mol. The first-order valence-corrected chi connectivity index (χ1v) is 8.54. The Morgan fingerprint density at radius 1 is 0.708 bits per heavy atom. The molecule has 3 aromatic carbocycles. The highest BCUT2D eigenvalue weighted by atomic mass is 14.9. The summed E-state index contributed by atoms with van der Waals surface area (Å²) in [4.78, 5) is 0. The molecule has 0 spiro atoms. The molecule has 120 valence electrons. The molecule has 0 amide bonds. The summed E-state index contributed by atoms with van der Waals surface area (Å²) in [6.45, 7) is 6.86. The van der Waals surface area contributed by atoms with E-state index >= 15 is 0 Å². The highest BCUT2D eigenvalue weighted by Gasteiger charge is 2.20. The number of hydrogen-bond acceptors (Lipinski definition) is 0. The SMILES string of the molecule is Cn1c2ccc(-c3ccccc3)cc2c2cccc(C(C)(C)C)c21. The summed E-state index contributed by atoms with van der Waals surface area (Å²) < 4.78 is 2.35. The zero-order valence-electron chi connectivity index (χ0n) is 14.8. The first-order valence-electron chi connectivity index (χ1n) is 8.54. The third-order valence-corrected chi connectivity index (χ3v) is 4.93. The Morgan fingerprint density at radius 2 is 1.46 bits per heavy atom. The lowest BCUT2D eigenvalue weighted by Crippen LogP contribution is -2.12. The van der Waals surface area contributed by atoms with Gasteiger partial charge in [-0.3, -0.25) is 0 Å². The van der Waals surface area contributed by atoms with E-state index in [1.54, 1.807) is 0 Å². The van der Waals surface area contributed by atoms with Gasteiger partial charge in [-0.25, -0.2) is 0 Å². The zero-order valence-corrected chi connectivity index (χ0v) is 14.8. The minimum absolute atomic E-state index is 0.129. The number of nitrogens with zero attached hydrogens (tertiary/aromatic N) is 1. The molecule has 0 aliphatic heterocycles. The topological polar surface area (TPSA) is 4.93 Å². The van der Waals surface area contributed by atoms with Crippen molar-refractivity contribution in [1.82, 2.24) is 4.57 Å². The summed E-state index contributed by atoms with van der Waals surface area (Å²) in [5, 5.41) is 2.68. The Balaban J connectivity index is 2.07. The largest absolute Gasteiger partial charge is 0.343 e. The van der Waals surface area contributed by atoms with Crippen molar-refractivity contribution in [2.45, 2.75) is 26.2 Å². The highest BCUT2D eigenvalue weighted by Crippen LogP contribution is 2.37. The van der Waals surface area contributed by atoms with Crippen molar-refractivity contribution in [1.29, 1.82) is 0 Å². The fourth-order valence-electron chi connectivity index (χ4n) is 3.70. The summed E-state index contributed by atoms with van der Waals surface area (Å²) in [6, 6.07) is 24.1. The van der Waals surface area contributed by atoms with E-state index in [-0.39, 0.29) is 5.41 Å². The molecule has 4 rings (SSSR count). The fraction of sp³-hybridized carbons (Fsp3) is 0.217. The van der Waals surface area contributed by atoms with E-state index in [2.05, 4.69) is 99.1 Å². The van der Waals surface area contributed by atoms with Crippen LogP contribution in [0.2, 0.25) is 0 Å². The number of aryl methyl sites for hydroxylation is 1. The first-order chi connectivity index (χ1) is 11.5. The molecule has 1 aromatic heterocycles. The second kappa shape index (κ2) is 5.24. The Hall–Kier alpha value is -2.54. The number of benzene rings is 3. The Labute approximate surface area is 143 Å². The van der Waals surface area contributed by atoms with Crippen molar-refractivity contribution in [3.05, 3.63) is 72.3 Å². The van der Waals surface area contributed by atoms with Crippen LogP contribution in [0.5, 0.6) is 0 Å². The number of para-hydroxylation sites is 1. The van der Waals surface area contributed by atoms with Gasteiger partial charge in [0.25, 0.3) is 0 Å². The van der Waals surface area contributed by atoms with Gasteiger partial charge in [-0.1, -0.05) is 75.4 Å². The average molecular weight is 313 g/mol. The molecule has 1 heteroatoms. The summed E-state index contributed by atoms with van der Waals surface area (Å²) >= 11 is 0. The molecule has 0 N–H and O–H groups in total. The second-order valence-electron chi connectivity index (χ2n) is 7.61. The Bertz CT molecular complexity index is 1030. The van der Waals surface area contributed by atoms with Crippen LogP contribution in [-0.2, 0) is 12.5 Å². The van der Waals surface area contributed by atoms with Crippen molar-refractivity contribution < 1.29 is 0 Å². The van der Waals surface area contributed by atoms with Crippen LogP contribution >= 0.6 is 0 Å². The Kier molecular flexibility index (Phi) is 3.28. The normalized spacial score (nSPS) is 12.2. The van der Waals surface area contributed by atoms with Crippen molar-refractivity contribution in [2.24, 2.45) is 7.05 Å². The van der Waals surface area contributed by atoms with Gasteiger partial charge in [0.15, 0.2) is 0 Å². The lowest BCUT2D eigenvalue weighted by molar-refractivity contribution is 0.593. The number of aromatic nitrogens is 1. The van der Waals surface area contributed by atoms with Crippen LogP contribution in [0, 0.1) is 0 Å². The van der Waals surface area contributed by atoms with Crippen LogP contribution < -0.4 is 0 Å². The van der Waals surface area contributed by atoms with E-state index in [1.807, 2.05) is 0 Å². The number of fused-ring (bicyclic) bond motifs is 3. The van der Waals surface area contributed by atoms with Gasteiger partial charge >= 0.3 is 0 Å². The predicted octanol–water partition coefficient (Wildman–Crippen LogP) is 6.30. The third kappa shape index (κ3) is 2.24. The molecule has 0 unspecified atom stereocenters. The fourth-order valence-corrected chi connectivity index (χ4v) is 3.70. The Morgan fingerprint density at radius 3 is 2.17 bits per heavy atom. The zero-order chi connectivity index (χ0) is 16.9. The van der Waals surface area contributed by atoms with Crippen molar-refractivity contribution in [3.63, 3.8) is 0 Å². The molecular weight excluding hydrogens is 290 g/mol. The number of rotatable bonds is 1. The molecule has 1 heterocycles. The smallest absolute Gasteiger partial charge is 0.0526 e. The molecule has 0 radical (unpaired) electrons. The maximum Gasteiger partial charge on any atom is 0.0526 e. The molecule has 0 atom stereocenters. The maximum atomic E-state index is 2.35. The molecule has 0 aliphatic rings. The maximum absolute atomic E-state index is 2.35. The summed E-state index contributed by atoms with van der Waals surface area (Å²) in [5.74, 6) is 0. The van der Waals surface area contributed by atoms with E-state index in [1.165, 1.54) is 38.5 Å². The summed E-state index contributed by atoms with van der Waals surface area (Å²) in [5.41, 5.74) is 6.72. The summed E-state index contributed by atoms with van der Waals surface area (Å²) in [7, 11) is 2.18. The van der Waals surface area contributed by atoms with Crippen molar-refractivity contribution in [2.75, 3.05) is 0 Å². The molecule has 1 nitrogen and oxygen atoms in total. The predicted molar refractivity (Wildman–Crippen MR) is 105 cm³/mol. The van der Waals surface area contributed by atoms with Crippen LogP contribution in [-0.4, -0.2) is 4.57 Å². The van der Waals surface area contributed by atoms with Crippen LogP contribution in [0.25, 0.3) is 32.9 Å². The van der Waals surface area contributed by atoms with Gasteiger partial charge in [0, 0.05) is 23.3 Å². The van der Waals surface area contributed by atoms with Gasteiger partial charge in [-0.05, 0) is 34.2 Å². The van der Waals surface area contributed by atoms with E-state index in [0.717, 1.165) is 0 Å².